The quantitative estimate of drug-likeness (QED) is 0.683. The van der Waals surface area contributed by atoms with Crippen LogP contribution in [0.4, 0.5) is 0 Å². The van der Waals surface area contributed by atoms with Gasteiger partial charge in [-0.2, -0.15) is 0 Å². The van der Waals surface area contributed by atoms with Gasteiger partial charge in [0.25, 0.3) is 0 Å². The van der Waals surface area contributed by atoms with E-state index in [0.717, 1.165) is 22.2 Å². The highest BCUT2D eigenvalue weighted by Gasteiger charge is 2.09. The molecule has 0 aliphatic carbocycles. The lowest BCUT2D eigenvalue weighted by Crippen LogP contribution is -2.03. The van der Waals surface area contributed by atoms with Crippen LogP contribution in [0.15, 0.2) is 60.8 Å². The van der Waals surface area contributed by atoms with E-state index in [2.05, 4.69) is 4.98 Å². The third-order valence-electron chi connectivity index (χ3n) is 3.43. The Labute approximate surface area is 123 Å². The molecule has 0 spiro atoms. The van der Waals surface area contributed by atoms with Gasteiger partial charge in [-0.25, -0.2) is 0 Å². The third kappa shape index (κ3) is 2.92. The Hall–Kier alpha value is -2.68. The predicted octanol–water partition coefficient (Wildman–Crippen LogP) is 3.67. The smallest absolute Gasteiger partial charge is 0.167 e. The van der Waals surface area contributed by atoms with Crippen LogP contribution < -0.4 is 4.74 Å². The zero-order chi connectivity index (χ0) is 14.7. The first kappa shape index (κ1) is 13.3. The van der Waals surface area contributed by atoms with Crippen molar-refractivity contribution >= 4 is 16.7 Å². The highest BCUT2D eigenvalue weighted by molar-refractivity contribution is 6.00. The van der Waals surface area contributed by atoms with Crippen molar-refractivity contribution in [3.63, 3.8) is 0 Å². The van der Waals surface area contributed by atoms with Gasteiger partial charge in [-0.05, 0) is 29.8 Å². The van der Waals surface area contributed by atoms with E-state index in [4.69, 9.17) is 4.74 Å². The van der Waals surface area contributed by atoms with Gasteiger partial charge < -0.3 is 4.74 Å². The maximum absolute atomic E-state index is 12.4. The minimum atomic E-state index is 0.0795. The molecule has 0 aliphatic heterocycles. The molecule has 0 saturated heterocycles. The van der Waals surface area contributed by atoms with Crippen molar-refractivity contribution in [3.05, 3.63) is 71.9 Å². The Bertz CT molecular complexity index is 796. The van der Waals surface area contributed by atoms with Crippen molar-refractivity contribution in [2.24, 2.45) is 0 Å². The highest BCUT2D eigenvalue weighted by atomic mass is 16.5. The van der Waals surface area contributed by atoms with Gasteiger partial charge in [0, 0.05) is 23.6 Å². The van der Waals surface area contributed by atoms with Gasteiger partial charge in [-0.15, -0.1) is 0 Å². The van der Waals surface area contributed by atoms with E-state index in [1.54, 1.807) is 13.3 Å². The number of carbonyl (C=O) groups excluding carboxylic acids is 1. The number of ether oxygens (including phenoxy) is 1. The number of Topliss-reactive ketones (excluding diaryl/α,β-unsaturated/α-hetero) is 1. The molecule has 1 aromatic heterocycles. The van der Waals surface area contributed by atoms with Crippen LogP contribution in [0.5, 0.6) is 5.75 Å². The van der Waals surface area contributed by atoms with Crippen LogP contribution in [-0.4, -0.2) is 17.9 Å². The maximum Gasteiger partial charge on any atom is 0.167 e. The first-order valence-corrected chi connectivity index (χ1v) is 6.77. The van der Waals surface area contributed by atoms with E-state index in [0.29, 0.717) is 12.0 Å². The zero-order valence-corrected chi connectivity index (χ0v) is 11.7. The summed E-state index contributed by atoms with van der Waals surface area (Å²) in [5.74, 6) is 0.844. The summed E-state index contributed by atoms with van der Waals surface area (Å²) >= 11 is 0. The molecule has 1 heterocycles. The van der Waals surface area contributed by atoms with Gasteiger partial charge >= 0.3 is 0 Å². The fourth-order valence-corrected chi connectivity index (χ4v) is 2.31. The molecule has 21 heavy (non-hydrogen) atoms. The fourth-order valence-electron chi connectivity index (χ4n) is 2.31. The number of carbonyl (C=O) groups is 1. The molecule has 3 rings (SSSR count). The Morgan fingerprint density at radius 1 is 1.10 bits per heavy atom. The summed E-state index contributed by atoms with van der Waals surface area (Å²) in [6.45, 7) is 0. The zero-order valence-electron chi connectivity index (χ0n) is 11.7. The molecule has 3 heteroatoms. The number of fused-ring (bicyclic) bond motifs is 1. The first-order chi connectivity index (χ1) is 10.3. The molecule has 0 atom stereocenters. The van der Waals surface area contributed by atoms with Crippen molar-refractivity contribution in [3.8, 4) is 5.75 Å². The minimum absolute atomic E-state index is 0.0795. The van der Waals surface area contributed by atoms with E-state index in [1.807, 2.05) is 54.6 Å². The lowest BCUT2D eigenvalue weighted by atomic mass is 10.0. The molecule has 0 N–H and O–H groups in total. The first-order valence-electron chi connectivity index (χ1n) is 6.77. The number of ketones is 1. The molecular weight excluding hydrogens is 262 g/mol. The second kappa shape index (κ2) is 5.75. The average Bonchev–Trinajstić information content (AvgIpc) is 2.54. The van der Waals surface area contributed by atoms with Gasteiger partial charge in [-0.1, -0.05) is 30.3 Å². The van der Waals surface area contributed by atoms with E-state index < -0.39 is 0 Å². The van der Waals surface area contributed by atoms with Gasteiger partial charge in [-0.3, -0.25) is 9.78 Å². The van der Waals surface area contributed by atoms with E-state index >= 15 is 0 Å². The second-order valence-electron chi connectivity index (χ2n) is 4.86. The standard InChI is InChI=1S/C18H15NO2/c1-21-16-6-2-4-13(10-16)11-18(20)15-8-7-14-5-3-9-19-17(14)12-15/h2-10,12H,11H2,1H3. The summed E-state index contributed by atoms with van der Waals surface area (Å²) in [4.78, 5) is 16.7. The number of aromatic nitrogens is 1. The Balaban J connectivity index is 1.86. The molecule has 104 valence electrons. The number of benzene rings is 2. The van der Waals surface area contributed by atoms with Gasteiger partial charge in [0.15, 0.2) is 5.78 Å². The van der Waals surface area contributed by atoms with Gasteiger partial charge in [0.1, 0.15) is 5.75 Å². The SMILES string of the molecule is COc1cccc(CC(=O)c2ccc3cccnc3c2)c1. The Morgan fingerprint density at radius 3 is 2.86 bits per heavy atom. The predicted molar refractivity (Wildman–Crippen MR) is 82.8 cm³/mol. The lowest BCUT2D eigenvalue weighted by molar-refractivity contribution is 0.0993. The van der Waals surface area contributed by atoms with E-state index in [-0.39, 0.29) is 5.78 Å². The van der Waals surface area contributed by atoms with Crippen molar-refractivity contribution in [2.45, 2.75) is 6.42 Å². The summed E-state index contributed by atoms with van der Waals surface area (Å²) in [7, 11) is 1.62. The molecule has 0 aliphatic rings. The number of hydrogen-bond donors (Lipinski definition) is 0. The molecule has 3 aromatic rings. The van der Waals surface area contributed by atoms with Gasteiger partial charge in [0.2, 0.25) is 0 Å². The van der Waals surface area contributed by atoms with Crippen molar-refractivity contribution in [1.29, 1.82) is 0 Å². The van der Waals surface area contributed by atoms with Crippen LogP contribution in [0.1, 0.15) is 15.9 Å². The third-order valence-corrected chi connectivity index (χ3v) is 3.43. The summed E-state index contributed by atoms with van der Waals surface area (Å²) in [6, 6.07) is 17.1. The van der Waals surface area contributed by atoms with Crippen LogP contribution in [0, 0.1) is 0 Å². The lowest BCUT2D eigenvalue weighted by Gasteiger charge is -2.05. The van der Waals surface area contributed by atoms with E-state index in [1.165, 1.54) is 0 Å². The number of nitrogens with zero attached hydrogens (tertiary/aromatic N) is 1. The number of hydrogen-bond acceptors (Lipinski definition) is 3. The molecular formula is C18H15NO2. The van der Waals surface area contributed by atoms with Crippen molar-refractivity contribution < 1.29 is 9.53 Å². The van der Waals surface area contributed by atoms with E-state index in [9.17, 15) is 4.79 Å². The maximum atomic E-state index is 12.4. The van der Waals surface area contributed by atoms with Crippen LogP contribution in [-0.2, 0) is 6.42 Å². The molecule has 0 bridgehead atoms. The second-order valence-corrected chi connectivity index (χ2v) is 4.86. The van der Waals surface area contributed by atoms with Crippen LogP contribution in [0.2, 0.25) is 0 Å². The molecule has 0 radical (unpaired) electrons. The van der Waals surface area contributed by atoms with Crippen LogP contribution in [0.25, 0.3) is 10.9 Å². The average molecular weight is 277 g/mol. The summed E-state index contributed by atoms with van der Waals surface area (Å²) in [6.07, 6.45) is 2.09. The molecule has 0 unspecified atom stereocenters. The van der Waals surface area contributed by atoms with Crippen molar-refractivity contribution in [2.75, 3.05) is 7.11 Å². The molecule has 0 amide bonds. The molecule has 3 nitrogen and oxygen atoms in total. The molecule has 0 fully saturated rings. The summed E-state index contributed by atoms with van der Waals surface area (Å²) in [5, 5.41) is 1.04. The molecule has 2 aromatic carbocycles. The summed E-state index contributed by atoms with van der Waals surface area (Å²) < 4.78 is 5.18. The van der Waals surface area contributed by atoms with Crippen LogP contribution >= 0.6 is 0 Å². The number of rotatable bonds is 4. The largest absolute Gasteiger partial charge is 0.497 e. The normalized spacial score (nSPS) is 10.5. The molecule has 0 saturated carbocycles. The minimum Gasteiger partial charge on any atom is -0.497 e. The highest BCUT2D eigenvalue weighted by Crippen LogP contribution is 2.17. The number of pyridine rings is 1. The Kier molecular flexibility index (Phi) is 3.65. The van der Waals surface area contributed by atoms with Crippen LogP contribution in [0.3, 0.4) is 0 Å². The fraction of sp³-hybridized carbons (Fsp3) is 0.111. The van der Waals surface area contributed by atoms with Gasteiger partial charge in [0.05, 0.1) is 12.6 Å². The number of methoxy groups -OCH3 is 1. The monoisotopic (exact) mass is 277 g/mol. The summed E-state index contributed by atoms with van der Waals surface area (Å²) in [5.41, 5.74) is 2.47. The topological polar surface area (TPSA) is 39.2 Å². The van der Waals surface area contributed by atoms with Crippen molar-refractivity contribution in [1.82, 2.24) is 4.98 Å². The Morgan fingerprint density at radius 2 is 2.00 bits per heavy atom.